The van der Waals surface area contributed by atoms with Crippen LogP contribution in [-0.4, -0.2) is 84.9 Å². The fourth-order valence-electron chi connectivity index (χ4n) is 4.35. The first-order valence-corrected chi connectivity index (χ1v) is 11.4. The van der Waals surface area contributed by atoms with Gasteiger partial charge in [0.15, 0.2) is 0 Å². The van der Waals surface area contributed by atoms with Crippen molar-refractivity contribution in [3.63, 3.8) is 0 Å². The molecular weight excluding hydrogens is 454 g/mol. The zero-order valence-corrected chi connectivity index (χ0v) is 19.4. The van der Waals surface area contributed by atoms with Crippen LogP contribution >= 0.6 is 0 Å². The Hall–Kier alpha value is -4.15. The highest BCUT2D eigenvalue weighted by molar-refractivity contribution is 5.99. The number of nitro benzene ring substituents is 1. The van der Waals surface area contributed by atoms with Crippen molar-refractivity contribution < 1.29 is 24.0 Å². The van der Waals surface area contributed by atoms with Crippen molar-refractivity contribution in [3.8, 4) is 5.75 Å². The highest BCUT2D eigenvalue weighted by atomic mass is 16.6. The van der Waals surface area contributed by atoms with E-state index in [2.05, 4.69) is 10.2 Å². The molecule has 35 heavy (non-hydrogen) atoms. The Morgan fingerprint density at radius 3 is 2.29 bits per heavy atom. The van der Waals surface area contributed by atoms with Gasteiger partial charge < -0.3 is 24.8 Å². The van der Waals surface area contributed by atoms with E-state index in [4.69, 9.17) is 4.74 Å². The molecule has 0 bridgehead atoms. The van der Waals surface area contributed by atoms with Gasteiger partial charge in [-0.3, -0.25) is 24.5 Å². The lowest BCUT2D eigenvalue weighted by Crippen LogP contribution is -2.59. The van der Waals surface area contributed by atoms with E-state index in [-0.39, 0.29) is 42.6 Å². The van der Waals surface area contributed by atoms with Crippen molar-refractivity contribution in [2.45, 2.75) is 12.5 Å². The van der Waals surface area contributed by atoms with Crippen LogP contribution in [-0.2, 0) is 9.59 Å². The number of benzene rings is 2. The van der Waals surface area contributed by atoms with Crippen LogP contribution in [0, 0.1) is 10.1 Å². The van der Waals surface area contributed by atoms with Gasteiger partial charge in [0.25, 0.3) is 11.6 Å². The van der Waals surface area contributed by atoms with Gasteiger partial charge >= 0.3 is 0 Å². The topological polar surface area (TPSA) is 125 Å². The molecule has 1 atom stereocenters. The lowest BCUT2D eigenvalue weighted by Gasteiger charge is -2.39. The van der Waals surface area contributed by atoms with E-state index < -0.39 is 16.9 Å². The summed E-state index contributed by atoms with van der Waals surface area (Å²) in [6.45, 7) is 2.86. The Balaban J connectivity index is 1.38. The van der Waals surface area contributed by atoms with Gasteiger partial charge in [0.05, 0.1) is 18.5 Å². The zero-order chi connectivity index (χ0) is 24.9. The van der Waals surface area contributed by atoms with Crippen molar-refractivity contribution in [1.82, 2.24) is 15.1 Å². The first-order chi connectivity index (χ1) is 16.9. The predicted molar refractivity (Wildman–Crippen MR) is 127 cm³/mol. The molecule has 2 aromatic rings. The number of piperazine rings is 2. The summed E-state index contributed by atoms with van der Waals surface area (Å²) in [5.41, 5.74) is 1.15. The highest BCUT2D eigenvalue weighted by Gasteiger charge is 2.36. The van der Waals surface area contributed by atoms with Crippen LogP contribution in [0.2, 0.25) is 0 Å². The number of amides is 3. The van der Waals surface area contributed by atoms with E-state index in [1.807, 2.05) is 24.3 Å². The highest BCUT2D eigenvalue weighted by Crippen LogP contribution is 2.22. The summed E-state index contributed by atoms with van der Waals surface area (Å²) >= 11 is 0. The number of hydrogen-bond acceptors (Lipinski definition) is 7. The van der Waals surface area contributed by atoms with Gasteiger partial charge in [-0.25, -0.2) is 0 Å². The molecule has 0 saturated carbocycles. The second-order valence-corrected chi connectivity index (χ2v) is 8.38. The molecule has 11 heteroatoms. The van der Waals surface area contributed by atoms with Crippen molar-refractivity contribution in [2.24, 2.45) is 0 Å². The normalized spacial score (nSPS) is 18.1. The van der Waals surface area contributed by atoms with Gasteiger partial charge in [0.1, 0.15) is 11.8 Å². The van der Waals surface area contributed by atoms with E-state index in [1.54, 1.807) is 12.0 Å². The van der Waals surface area contributed by atoms with Crippen molar-refractivity contribution in [1.29, 1.82) is 0 Å². The summed E-state index contributed by atoms with van der Waals surface area (Å²) in [5.74, 6) is -0.224. The quantitative estimate of drug-likeness (QED) is 0.487. The Kier molecular flexibility index (Phi) is 7.14. The van der Waals surface area contributed by atoms with Crippen LogP contribution in [0.15, 0.2) is 48.5 Å². The third-order valence-electron chi connectivity index (χ3n) is 6.35. The summed E-state index contributed by atoms with van der Waals surface area (Å²) in [6, 6.07) is 12.0. The molecule has 184 valence electrons. The number of anilines is 1. The zero-order valence-electron chi connectivity index (χ0n) is 19.4. The molecule has 11 nitrogen and oxygen atoms in total. The Morgan fingerprint density at radius 2 is 1.69 bits per heavy atom. The summed E-state index contributed by atoms with van der Waals surface area (Å²) < 4.78 is 5.20. The fraction of sp³-hybridized carbons (Fsp3) is 0.375. The molecule has 4 rings (SSSR count). The maximum atomic E-state index is 13.1. The first-order valence-electron chi connectivity index (χ1n) is 11.4. The van der Waals surface area contributed by atoms with E-state index in [0.29, 0.717) is 26.2 Å². The number of nitrogens with zero attached hydrogens (tertiary/aromatic N) is 4. The molecule has 2 aliphatic rings. The predicted octanol–water partition coefficient (Wildman–Crippen LogP) is 1.28. The molecule has 2 heterocycles. The number of ether oxygens (including phenoxy) is 1. The molecule has 3 amide bonds. The molecule has 2 saturated heterocycles. The first kappa shape index (κ1) is 24.0. The van der Waals surface area contributed by atoms with Gasteiger partial charge in [-0.1, -0.05) is 0 Å². The van der Waals surface area contributed by atoms with Gasteiger partial charge in [-0.2, -0.15) is 0 Å². The molecule has 2 fully saturated rings. The summed E-state index contributed by atoms with van der Waals surface area (Å²) in [6.07, 6.45) is -0.118. The number of methoxy groups -OCH3 is 1. The number of nitrogens with one attached hydrogen (secondary N) is 1. The molecule has 0 radical (unpaired) electrons. The van der Waals surface area contributed by atoms with Crippen molar-refractivity contribution >= 4 is 29.1 Å². The van der Waals surface area contributed by atoms with Crippen LogP contribution in [0.5, 0.6) is 5.75 Å². The van der Waals surface area contributed by atoms with Crippen molar-refractivity contribution in [2.75, 3.05) is 51.3 Å². The monoisotopic (exact) mass is 481 g/mol. The third kappa shape index (κ3) is 5.34. The molecular formula is C24H27N5O6. The largest absolute Gasteiger partial charge is 0.497 e. The lowest BCUT2D eigenvalue weighted by molar-refractivity contribution is -0.384. The minimum atomic E-state index is -0.932. The number of rotatable bonds is 6. The van der Waals surface area contributed by atoms with E-state index in [9.17, 15) is 24.5 Å². The molecule has 0 spiro atoms. The summed E-state index contributed by atoms with van der Waals surface area (Å²) in [4.78, 5) is 54.4. The van der Waals surface area contributed by atoms with Crippen LogP contribution in [0.1, 0.15) is 16.8 Å². The van der Waals surface area contributed by atoms with Crippen molar-refractivity contribution in [3.05, 3.63) is 64.2 Å². The minimum absolute atomic E-state index is 0.118. The Morgan fingerprint density at radius 1 is 1.03 bits per heavy atom. The Bertz CT molecular complexity index is 1100. The molecule has 2 aliphatic heterocycles. The molecule has 0 aliphatic carbocycles. The number of nitro groups is 1. The van der Waals surface area contributed by atoms with E-state index in [0.717, 1.165) is 11.4 Å². The summed E-state index contributed by atoms with van der Waals surface area (Å²) in [5, 5.41) is 13.6. The smallest absolute Gasteiger partial charge is 0.269 e. The van der Waals surface area contributed by atoms with Gasteiger partial charge in [0.2, 0.25) is 11.8 Å². The second kappa shape index (κ2) is 10.4. The molecule has 1 N–H and O–H groups in total. The molecule has 0 aromatic heterocycles. The third-order valence-corrected chi connectivity index (χ3v) is 6.35. The SMILES string of the molecule is COc1ccc(N2CCN(C(=O)CC3C(=O)NCCN3C(=O)c3ccc([N+](=O)[O-])cc3)CC2)cc1. The number of non-ortho nitro benzene ring substituents is 1. The van der Waals surface area contributed by atoms with Gasteiger partial charge in [-0.05, 0) is 36.4 Å². The molecule has 2 aromatic carbocycles. The summed E-state index contributed by atoms with van der Waals surface area (Å²) in [7, 11) is 1.62. The maximum Gasteiger partial charge on any atom is 0.269 e. The Labute approximate surface area is 202 Å². The van der Waals surface area contributed by atoms with Gasteiger partial charge in [-0.15, -0.1) is 0 Å². The number of hydrogen-bond donors (Lipinski definition) is 1. The number of carbonyl (C=O) groups is 3. The van der Waals surface area contributed by atoms with Crippen LogP contribution in [0.25, 0.3) is 0 Å². The van der Waals surface area contributed by atoms with Crippen LogP contribution < -0.4 is 15.0 Å². The maximum absolute atomic E-state index is 13.1. The molecule has 1 unspecified atom stereocenters. The standard InChI is InChI=1S/C24H27N5O6/c1-35-20-8-6-18(7-9-20)26-12-14-27(15-13-26)22(30)16-21-23(31)25-10-11-28(21)24(32)17-2-4-19(5-3-17)29(33)34/h2-9,21H,10-16H2,1H3,(H,25,31). The average molecular weight is 482 g/mol. The second-order valence-electron chi connectivity index (χ2n) is 8.38. The fourth-order valence-corrected chi connectivity index (χ4v) is 4.35. The average Bonchev–Trinajstić information content (AvgIpc) is 2.89. The van der Waals surface area contributed by atoms with Crippen LogP contribution in [0.4, 0.5) is 11.4 Å². The minimum Gasteiger partial charge on any atom is -0.497 e. The van der Waals surface area contributed by atoms with Crippen LogP contribution in [0.3, 0.4) is 0 Å². The van der Waals surface area contributed by atoms with E-state index >= 15 is 0 Å². The lowest BCUT2D eigenvalue weighted by atomic mass is 10.0. The van der Waals surface area contributed by atoms with E-state index in [1.165, 1.54) is 29.2 Å². The number of carbonyl (C=O) groups excluding carboxylic acids is 3. The van der Waals surface area contributed by atoms with Gasteiger partial charge in [0, 0.05) is 62.7 Å².